The van der Waals surface area contributed by atoms with Crippen LogP contribution in [0.25, 0.3) is 0 Å². The predicted molar refractivity (Wildman–Crippen MR) is 82.3 cm³/mol. The Bertz CT molecular complexity index is 702. The first-order valence-corrected chi connectivity index (χ1v) is 7.17. The van der Waals surface area contributed by atoms with Crippen molar-refractivity contribution >= 4 is 11.9 Å². The van der Waals surface area contributed by atoms with E-state index in [1.165, 1.54) is 0 Å². The summed E-state index contributed by atoms with van der Waals surface area (Å²) in [7, 11) is 1.61. The highest BCUT2D eigenvalue weighted by Crippen LogP contribution is 2.21. The van der Waals surface area contributed by atoms with Crippen molar-refractivity contribution < 1.29 is 9.53 Å². The number of anilines is 1. The van der Waals surface area contributed by atoms with Crippen LogP contribution in [0.4, 0.5) is 5.95 Å². The second kappa shape index (κ2) is 6.01. The summed E-state index contributed by atoms with van der Waals surface area (Å²) in [6, 6.07) is 7.57. The van der Waals surface area contributed by atoms with Gasteiger partial charge in [0, 0.05) is 18.3 Å². The molecule has 22 heavy (non-hydrogen) atoms. The van der Waals surface area contributed by atoms with Crippen LogP contribution >= 0.6 is 0 Å². The first-order valence-electron chi connectivity index (χ1n) is 7.17. The number of nitrogens with two attached hydrogens (primary N) is 1. The average Bonchev–Trinajstić information content (AvgIpc) is 2.54. The topological polar surface area (TPSA) is 81.3 Å². The molecular weight excluding hydrogens is 280 g/mol. The molecule has 1 aliphatic heterocycles. The van der Waals surface area contributed by atoms with Gasteiger partial charge >= 0.3 is 0 Å². The maximum atomic E-state index is 12.5. The number of carbonyl (C=O) groups is 1. The molecule has 1 aliphatic rings. The van der Waals surface area contributed by atoms with Crippen LogP contribution in [0, 0.1) is 0 Å². The summed E-state index contributed by atoms with van der Waals surface area (Å²) in [4.78, 5) is 22.6. The van der Waals surface area contributed by atoms with Gasteiger partial charge in [-0.25, -0.2) is 9.97 Å². The zero-order chi connectivity index (χ0) is 15.5. The van der Waals surface area contributed by atoms with E-state index in [1.807, 2.05) is 24.3 Å². The fraction of sp³-hybridized carbons (Fsp3) is 0.312. The van der Waals surface area contributed by atoms with Gasteiger partial charge in [0.15, 0.2) is 0 Å². The second-order valence-corrected chi connectivity index (χ2v) is 5.25. The number of para-hydroxylation sites is 1. The minimum atomic E-state index is 0.0623. The number of ether oxygens (including phenoxy) is 1. The maximum absolute atomic E-state index is 12.5. The van der Waals surface area contributed by atoms with Crippen LogP contribution < -0.4 is 10.5 Å². The molecule has 114 valence electrons. The molecule has 6 nitrogen and oxygen atoms in total. The number of aromatic nitrogens is 2. The second-order valence-electron chi connectivity index (χ2n) is 5.25. The average molecular weight is 298 g/mol. The smallest absolute Gasteiger partial charge is 0.227 e. The van der Waals surface area contributed by atoms with Crippen molar-refractivity contribution in [2.75, 3.05) is 19.4 Å². The number of methoxy groups -OCH3 is 1. The van der Waals surface area contributed by atoms with E-state index in [4.69, 9.17) is 10.5 Å². The monoisotopic (exact) mass is 298 g/mol. The van der Waals surface area contributed by atoms with Crippen molar-refractivity contribution in [2.45, 2.75) is 19.4 Å². The van der Waals surface area contributed by atoms with E-state index in [9.17, 15) is 4.79 Å². The van der Waals surface area contributed by atoms with E-state index >= 15 is 0 Å². The van der Waals surface area contributed by atoms with Gasteiger partial charge in [-0.15, -0.1) is 0 Å². The summed E-state index contributed by atoms with van der Waals surface area (Å²) in [6.07, 6.45) is 2.83. The number of benzene rings is 1. The zero-order valence-corrected chi connectivity index (χ0v) is 12.5. The molecule has 0 saturated heterocycles. The third kappa shape index (κ3) is 2.86. The highest BCUT2D eigenvalue weighted by Gasteiger charge is 2.23. The van der Waals surface area contributed by atoms with Gasteiger partial charge in [0.25, 0.3) is 0 Å². The number of hydrogen-bond donors (Lipinski definition) is 1. The van der Waals surface area contributed by atoms with Gasteiger partial charge in [-0.3, -0.25) is 4.79 Å². The Morgan fingerprint density at radius 3 is 3.05 bits per heavy atom. The Morgan fingerprint density at radius 1 is 1.41 bits per heavy atom. The molecule has 1 amide bonds. The summed E-state index contributed by atoms with van der Waals surface area (Å²) in [5.74, 6) is 1.05. The molecule has 0 bridgehead atoms. The largest absolute Gasteiger partial charge is 0.496 e. The van der Waals surface area contributed by atoms with Crippen molar-refractivity contribution in [3.8, 4) is 5.75 Å². The molecule has 0 unspecified atom stereocenters. The first-order chi connectivity index (χ1) is 10.7. The Hall–Kier alpha value is -2.63. The van der Waals surface area contributed by atoms with Gasteiger partial charge in [0.05, 0.1) is 25.8 Å². The standard InChI is InChI=1S/C16H18N4O2/c1-22-14-5-3-2-4-11(14)8-15(21)20-7-6-12-9-18-16(17)19-13(12)10-20/h2-5,9H,6-8,10H2,1H3,(H2,17,18,19). The Morgan fingerprint density at radius 2 is 2.23 bits per heavy atom. The molecule has 0 atom stereocenters. The van der Waals surface area contributed by atoms with Gasteiger partial charge in [-0.2, -0.15) is 0 Å². The van der Waals surface area contributed by atoms with Crippen molar-refractivity contribution in [1.29, 1.82) is 0 Å². The van der Waals surface area contributed by atoms with E-state index in [1.54, 1.807) is 18.2 Å². The highest BCUT2D eigenvalue weighted by molar-refractivity contribution is 5.79. The lowest BCUT2D eigenvalue weighted by Crippen LogP contribution is -2.37. The minimum absolute atomic E-state index is 0.0623. The molecule has 2 aromatic rings. The van der Waals surface area contributed by atoms with E-state index in [0.29, 0.717) is 19.5 Å². The van der Waals surface area contributed by atoms with Gasteiger partial charge in [-0.05, 0) is 18.1 Å². The third-order valence-electron chi connectivity index (χ3n) is 3.85. The molecule has 0 spiro atoms. The lowest BCUT2D eigenvalue weighted by molar-refractivity contribution is -0.131. The van der Waals surface area contributed by atoms with Gasteiger partial charge in [0.1, 0.15) is 5.75 Å². The molecule has 3 rings (SSSR count). The predicted octanol–water partition coefficient (Wildman–Crippen LogP) is 1.19. The van der Waals surface area contributed by atoms with E-state index in [0.717, 1.165) is 29.0 Å². The maximum Gasteiger partial charge on any atom is 0.227 e. The van der Waals surface area contributed by atoms with E-state index in [-0.39, 0.29) is 11.9 Å². The molecule has 2 heterocycles. The van der Waals surface area contributed by atoms with Crippen molar-refractivity contribution in [1.82, 2.24) is 14.9 Å². The van der Waals surface area contributed by atoms with E-state index < -0.39 is 0 Å². The zero-order valence-electron chi connectivity index (χ0n) is 12.5. The van der Waals surface area contributed by atoms with Gasteiger partial charge in [0.2, 0.25) is 11.9 Å². The number of rotatable bonds is 3. The van der Waals surface area contributed by atoms with Crippen LogP contribution in [0.15, 0.2) is 30.5 Å². The summed E-state index contributed by atoms with van der Waals surface area (Å²) < 4.78 is 5.30. The van der Waals surface area contributed by atoms with Crippen LogP contribution in [0.3, 0.4) is 0 Å². The molecular formula is C16H18N4O2. The number of nitrogen functional groups attached to an aromatic ring is 1. The van der Waals surface area contributed by atoms with Crippen molar-refractivity contribution in [3.05, 3.63) is 47.3 Å². The minimum Gasteiger partial charge on any atom is -0.496 e. The van der Waals surface area contributed by atoms with Crippen LogP contribution in [-0.4, -0.2) is 34.4 Å². The molecule has 6 heteroatoms. The van der Waals surface area contributed by atoms with Crippen LogP contribution in [0.2, 0.25) is 0 Å². The summed E-state index contributed by atoms with van der Waals surface area (Å²) in [5, 5.41) is 0. The number of amides is 1. The highest BCUT2D eigenvalue weighted by atomic mass is 16.5. The molecule has 0 aliphatic carbocycles. The fourth-order valence-electron chi connectivity index (χ4n) is 2.66. The summed E-state index contributed by atoms with van der Waals surface area (Å²) in [5.41, 5.74) is 8.42. The molecule has 1 aromatic heterocycles. The number of fused-ring (bicyclic) bond motifs is 1. The van der Waals surface area contributed by atoms with Crippen LogP contribution in [-0.2, 0) is 24.2 Å². The quantitative estimate of drug-likeness (QED) is 0.920. The molecule has 0 saturated carbocycles. The van der Waals surface area contributed by atoms with Crippen LogP contribution in [0.5, 0.6) is 5.75 Å². The lowest BCUT2D eigenvalue weighted by atomic mass is 10.1. The van der Waals surface area contributed by atoms with Gasteiger partial charge in [-0.1, -0.05) is 18.2 Å². The van der Waals surface area contributed by atoms with Crippen LogP contribution in [0.1, 0.15) is 16.8 Å². The fourth-order valence-corrected chi connectivity index (χ4v) is 2.66. The normalized spacial score (nSPS) is 13.6. The molecule has 1 aromatic carbocycles. The molecule has 2 N–H and O–H groups in total. The summed E-state index contributed by atoms with van der Waals surface area (Å²) in [6.45, 7) is 1.16. The SMILES string of the molecule is COc1ccccc1CC(=O)N1CCc2cnc(N)nc2C1. The number of hydrogen-bond acceptors (Lipinski definition) is 5. The number of nitrogens with zero attached hydrogens (tertiary/aromatic N) is 3. The lowest BCUT2D eigenvalue weighted by Gasteiger charge is -2.28. The first kappa shape index (κ1) is 14.3. The Labute approximate surface area is 128 Å². The van der Waals surface area contributed by atoms with E-state index in [2.05, 4.69) is 9.97 Å². The molecule has 0 radical (unpaired) electrons. The molecule has 0 fully saturated rings. The summed E-state index contributed by atoms with van der Waals surface area (Å²) >= 11 is 0. The van der Waals surface area contributed by atoms with Gasteiger partial charge < -0.3 is 15.4 Å². The van der Waals surface area contributed by atoms with Crippen molar-refractivity contribution in [2.24, 2.45) is 0 Å². The number of carbonyl (C=O) groups excluding carboxylic acids is 1. The Kier molecular flexibility index (Phi) is 3.91. The van der Waals surface area contributed by atoms with Crippen molar-refractivity contribution in [3.63, 3.8) is 0 Å². The third-order valence-corrected chi connectivity index (χ3v) is 3.85. The Balaban J connectivity index is 1.74.